The summed E-state index contributed by atoms with van der Waals surface area (Å²) in [6.07, 6.45) is 3.93. The molecule has 2 saturated carbocycles. The van der Waals surface area contributed by atoms with Gasteiger partial charge in [0.2, 0.25) is 17.6 Å². The highest BCUT2D eigenvalue weighted by Crippen LogP contribution is 2.65. The second-order valence-electron chi connectivity index (χ2n) is 15.3. The van der Waals surface area contributed by atoms with E-state index in [1.165, 1.54) is 11.0 Å². The van der Waals surface area contributed by atoms with E-state index >= 15 is 0 Å². The first-order chi connectivity index (χ1) is 21.9. The number of urea groups is 1. The van der Waals surface area contributed by atoms with E-state index < -0.39 is 65.2 Å². The van der Waals surface area contributed by atoms with Crippen molar-refractivity contribution in [3.63, 3.8) is 0 Å². The lowest BCUT2D eigenvalue weighted by Gasteiger charge is -2.38. The number of alkyl carbamates (subject to hydrolysis) is 1. The van der Waals surface area contributed by atoms with Crippen LogP contribution in [-0.4, -0.2) is 90.9 Å². The third kappa shape index (κ3) is 9.70. The van der Waals surface area contributed by atoms with Crippen molar-refractivity contribution in [3.8, 4) is 0 Å². The Bertz CT molecular complexity index is 1210. The van der Waals surface area contributed by atoms with Crippen molar-refractivity contribution < 1.29 is 33.5 Å². The summed E-state index contributed by atoms with van der Waals surface area (Å²) in [5.74, 6) is -2.09. The van der Waals surface area contributed by atoms with Gasteiger partial charge in [0.15, 0.2) is 0 Å². The van der Waals surface area contributed by atoms with Gasteiger partial charge >= 0.3 is 12.1 Å². The predicted octanol–water partition coefficient (Wildman–Crippen LogP) is 2.50. The number of amides is 6. The van der Waals surface area contributed by atoms with Crippen LogP contribution in [0, 0.1) is 34.5 Å². The summed E-state index contributed by atoms with van der Waals surface area (Å²) >= 11 is 0. The van der Waals surface area contributed by atoms with E-state index in [-0.39, 0.29) is 42.7 Å². The van der Waals surface area contributed by atoms with Gasteiger partial charge in [0, 0.05) is 19.6 Å². The van der Waals surface area contributed by atoms with Gasteiger partial charge in [-0.2, -0.15) is 0 Å². The Labute approximate surface area is 279 Å². The van der Waals surface area contributed by atoms with Crippen molar-refractivity contribution in [2.75, 3.05) is 26.2 Å². The Morgan fingerprint density at radius 1 is 1.02 bits per heavy atom. The number of hydrogen-bond donors (Lipinski definition) is 5. The fourth-order valence-corrected chi connectivity index (χ4v) is 6.36. The molecule has 1 aliphatic heterocycles. The molecular formula is C34H56N6O7. The highest BCUT2D eigenvalue weighted by molar-refractivity contribution is 6.38. The topological polar surface area (TPSA) is 175 Å². The Hall–Kier alpha value is -3.64. The molecule has 1 saturated heterocycles. The SMILES string of the molecule is C=CCNC(=O)C(=O)C(CCC)NC(=O)[C@@H]1[C@@H]2[C@H](CN1C(=O)[C@@H](NC(=O)N[C@H](COC(=O)NCC1CC1)C(C)C)C(C)(C)C)C2(C)C. The molecule has 3 fully saturated rings. The number of nitrogens with one attached hydrogen (secondary N) is 5. The third-order valence-corrected chi connectivity index (χ3v) is 9.74. The Morgan fingerprint density at radius 2 is 1.68 bits per heavy atom. The molecule has 1 heterocycles. The van der Waals surface area contributed by atoms with Crippen LogP contribution < -0.4 is 26.6 Å². The number of fused-ring (bicyclic) bond motifs is 1. The van der Waals surface area contributed by atoms with E-state index in [9.17, 15) is 28.8 Å². The van der Waals surface area contributed by atoms with Gasteiger partial charge in [0.25, 0.3) is 5.91 Å². The fourth-order valence-electron chi connectivity index (χ4n) is 6.36. The minimum absolute atomic E-state index is 0.0359. The van der Waals surface area contributed by atoms with Crippen molar-refractivity contribution in [1.29, 1.82) is 0 Å². The van der Waals surface area contributed by atoms with Crippen LogP contribution in [0.5, 0.6) is 0 Å². The third-order valence-electron chi connectivity index (χ3n) is 9.74. The molecule has 5 N–H and O–H groups in total. The minimum atomic E-state index is -1.04. The number of likely N-dealkylation sites (tertiary alicyclic amines) is 1. The molecule has 1 unspecified atom stereocenters. The molecule has 0 bridgehead atoms. The summed E-state index contributed by atoms with van der Waals surface area (Å²) in [5, 5.41) is 13.7. The van der Waals surface area contributed by atoms with E-state index in [1.54, 1.807) is 0 Å². The predicted molar refractivity (Wildman–Crippen MR) is 177 cm³/mol. The summed E-state index contributed by atoms with van der Waals surface area (Å²) < 4.78 is 5.36. The molecule has 0 aromatic rings. The Balaban J connectivity index is 1.72. The van der Waals surface area contributed by atoms with Crippen LogP contribution >= 0.6 is 0 Å². The van der Waals surface area contributed by atoms with Gasteiger partial charge in [0.1, 0.15) is 18.7 Å². The van der Waals surface area contributed by atoms with Crippen LogP contribution in [0.4, 0.5) is 9.59 Å². The average molecular weight is 661 g/mol. The van der Waals surface area contributed by atoms with Gasteiger partial charge in [0.05, 0.1) is 12.1 Å². The maximum atomic E-state index is 14.2. The van der Waals surface area contributed by atoms with Crippen molar-refractivity contribution in [1.82, 2.24) is 31.5 Å². The second kappa shape index (κ2) is 15.5. The van der Waals surface area contributed by atoms with Gasteiger partial charge in [-0.25, -0.2) is 9.59 Å². The molecule has 0 radical (unpaired) electrons. The fraction of sp³-hybridized carbons (Fsp3) is 0.765. The van der Waals surface area contributed by atoms with Crippen molar-refractivity contribution in [2.24, 2.45) is 34.5 Å². The maximum Gasteiger partial charge on any atom is 0.407 e. The number of ether oxygens (including phenoxy) is 1. The smallest absolute Gasteiger partial charge is 0.407 e. The van der Waals surface area contributed by atoms with Gasteiger partial charge < -0.3 is 36.2 Å². The monoisotopic (exact) mass is 660 g/mol. The molecule has 47 heavy (non-hydrogen) atoms. The zero-order valence-corrected chi connectivity index (χ0v) is 29.4. The van der Waals surface area contributed by atoms with Crippen molar-refractivity contribution in [3.05, 3.63) is 12.7 Å². The number of Topliss-reactive ketones (excluding diaryl/α,β-unsaturated/α-hetero) is 1. The molecular weight excluding hydrogens is 604 g/mol. The van der Waals surface area contributed by atoms with Crippen LogP contribution in [-0.2, 0) is 23.9 Å². The average Bonchev–Trinajstić information content (AvgIpc) is 3.86. The van der Waals surface area contributed by atoms with E-state index in [1.807, 2.05) is 41.5 Å². The number of carbonyl (C=O) groups excluding carboxylic acids is 6. The van der Waals surface area contributed by atoms with Gasteiger partial charge in [-0.1, -0.05) is 67.9 Å². The lowest BCUT2D eigenvalue weighted by molar-refractivity contribution is -0.145. The first kappa shape index (κ1) is 37.8. The standard InChI is InChI=1S/C34H56N6O7/c1-10-12-22(26(41)29(43)35-15-11-2)37-28(42)25-24-21(34(24,8)9)17-40(25)30(44)27(33(5,6)7)39-31(45)38-23(19(3)4)18-47-32(46)36-16-20-13-14-20/h11,19-25,27H,2,10,12-18H2,1,3-9H3,(H,35,43)(H,36,46)(H,37,42)(H2,38,39,45)/t21-,22?,23+,24-,25-,27+/m0/s1. The molecule has 2 aliphatic carbocycles. The number of piperidine rings is 1. The first-order valence-corrected chi connectivity index (χ1v) is 16.9. The number of ketones is 1. The van der Waals surface area contributed by atoms with Crippen molar-refractivity contribution in [2.45, 2.75) is 105 Å². The summed E-state index contributed by atoms with van der Waals surface area (Å²) in [6.45, 7) is 19.8. The molecule has 0 aromatic carbocycles. The van der Waals surface area contributed by atoms with Crippen LogP contribution in [0.3, 0.4) is 0 Å². The highest BCUT2D eigenvalue weighted by Gasteiger charge is 2.70. The maximum absolute atomic E-state index is 14.2. The van der Waals surface area contributed by atoms with Gasteiger partial charge in [-0.3, -0.25) is 19.2 Å². The van der Waals surface area contributed by atoms with E-state index in [0.29, 0.717) is 25.4 Å². The van der Waals surface area contributed by atoms with E-state index in [2.05, 4.69) is 47.0 Å². The quantitative estimate of drug-likeness (QED) is 0.125. The molecule has 6 amide bonds. The number of hydrogen-bond acceptors (Lipinski definition) is 7. The van der Waals surface area contributed by atoms with E-state index in [0.717, 1.165) is 12.8 Å². The zero-order valence-electron chi connectivity index (χ0n) is 29.4. The van der Waals surface area contributed by atoms with E-state index in [4.69, 9.17) is 4.74 Å². The molecule has 0 spiro atoms. The zero-order chi connectivity index (χ0) is 35.3. The number of nitrogens with zero attached hydrogens (tertiary/aromatic N) is 1. The highest BCUT2D eigenvalue weighted by atomic mass is 16.5. The van der Waals surface area contributed by atoms with Gasteiger partial charge in [-0.15, -0.1) is 6.58 Å². The second-order valence-corrected chi connectivity index (χ2v) is 15.3. The molecule has 13 nitrogen and oxygen atoms in total. The first-order valence-electron chi connectivity index (χ1n) is 16.9. The molecule has 13 heteroatoms. The lowest BCUT2D eigenvalue weighted by atomic mass is 9.85. The lowest BCUT2D eigenvalue weighted by Crippen LogP contribution is -2.62. The summed E-state index contributed by atoms with van der Waals surface area (Å²) in [4.78, 5) is 80.5. The van der Waals surface area contributed by atoms with Crippen LogP contribution in [0.25, 0.3) is 0 Å². The number of rotatable bonds is 16. The van der Waals surface area contributed by atoms with Crippen LogP contribution in [0.2, 0.25) is 0 Å². The summed E-state index contributed by atoms with van der Waals surface area (Å²) in [5.41, 5.74) is -0.921. The van der Waals surface area contributed by atoms with Crippen molar-refractivity contribution >= 4 is 35.6 Å². The molecule has 6 atom stereocenters. The van der Waals surface area contributed by atoms with Crippen LogP contribution in [0.1, 0.15) is 81.1 Å². The molecule has 3 rings (SSSR count). The Morgan fingerprint density at radius 3 is 2.23 bits per heavy atom. The minimum Gasteiger partial charge on any atom is -0.447 e. The summed E-state index contributed by atoms with van der Waals surface area (Å²) in [7, 11) is 0. The Kier molecular flexibility index (Phi) is 12.5. The number of carbonyl (C=O) groups is 6. The molecule has 0 aromatic heterocycles. The van der Waals surface area contributed by atoms with Crippen LogP contribution in [0.15, 0.2) is 12.7 Å². The largest absolute Gasteiger partial charge is 0.447 e. The molecule has 264 valence electrons. The summed E-state index contributed by atoms with van der Waals surface area (Å²) in [6, 6.07) is -4.00. The normalized spacial score (nSPS) is 23.0. The molecule has 3 aliphatic rings. The van der Waals surface area contributed by atoms with Gasteiger partial charge in [-0.05, 0) is 53.8 Å².